The van der Waals surface area contributed by atoms with Crippen molar-refractivity contribution in [2.24, 2.45) is 0 Å². The van der Waals surface area contributed by atoms with Crippen molar-refractivity contribution in [3.63, 3.8) is 0 Å². The van der Waals surface area contributed by atoms with Gasteiger partial charge in [-0.15, -0.1) is 5.10 Å². The van der Waals surface area contributed by atoms with Crippen LogP contribution in [-0.4, -0.2) is 25.9 Å². The zero-order valence-corrected chi connectivity index (χ0v) is 16.9. The summed E-state index contributed by atoms with van der Waals surface area (Å²) in [5, 5.41) is 8.02. The zero-order valence-electron chi connectivity index (χ0n) is 16.1. The Hall–Kier alpha value is -2.60. The molecule has 1 saturated carbocycles. The lowest BCUT2D eigenvalue weighted by atomic mass is 10.1. The Bertz CT molecular complexity index is 948. The Morgan fingerprint density at radius 1 is 1.18 bits per heavy atom. The van der Waals surface area contributed by atoms with Crippen molar-refractivity contribution in [2.45, 2.75) is 49.4 Å². The summed E-state index contributed by atoms with van der Waals surface area (Å²) in [5.74, 6) is 1.43. The number of hydrogen-bond donors (Lipinski definition) is 1. The fraction of sp³-hybridized carbons (Fsp3) is 0.318. The van der Waals surface area contributed by atoms with Gasteiger partial charge in [0, 0.05) is 11.6 Å². The number of rotatable bonds is 7. The predicted molar refractivity (Wildman–Crippen MR) is 113 cm³/mol. The van der Waals surface area contributed by atoms with Gasteiger partial charge in [-0.1, -0.05) is 49.0 Å². The van der Waals surface area contributed by atoms with Crippen LogP contribution >= 0.6 is 11.8 Å². The Morgan fingerprint density at radius 3 is 2.54 bits per heavy atom. The molecule has 0 saturated heterocycles. The van der Waals surface area contributed by atoms with Crippen molar-refractivity contribution < 1.29 is 4.79 Å². The standard InChI is InChI=1S/C22H24N4OS/c1-3-16-9-13-18(14-10-16)23-21(27)15(2)28-22-24-20(17-11-12-17)26(25-22)19-7-5-4-6-8-19/h4-10,13-15,17H,3,11-12H2,1-2H3,(H,23,27)/t15-/m0/s1. The number of hydrogen-bond acceptors (Lipinski definition) is 4. The third-order valence-electron chi connectivity index (χ3n) is 4.84. The highest BCUT2D eigenvalue weighted by Gasteiger charge is 2.31. The monoisotopic (exact) mass is 392 g/mol. The first-order chi connectivity index (χ1) is 13.6. The van der Waals surface area contributed by atoms with Crippen molar-refractivity contribution in [1.82, 2.24) is 14.8 Å². The molecule has 144 valence electrons. The SMILES string of the molecule is CCc1ccc(NC(=O)[C@H](C)Sc2nc(C3CC3)n(-c3ccccc3)n2)cc1. The molecule has 0 aliphatic heterocycles. The maximum atomic E-state index is 12.6. The van der Waals surface area contributed by atoms with Crippen molar-refractivity contribution in [2.75, 3.05) is 5.32 Å². The molecule has 1 fully saturated rings. The van der Waals surface area contributed by atoms with Crippen molar-refractivity contribution >= 4 is 23.4 Å². The van der Waals surface area contributed by atoms with Gasteiger partial charge in [0.15, 0.2) is 0 Å². The van der Waals surface area contributed by atoms with E-state index in [2.05, 4.69) is 17.3 Å². The molecule has 0 radical (unpaired) electrons. The molecular weight excluding hydrogens is 368 g/mol. The molecule has 2 aromatic carbocycles. The molecule has 1 aromatic heterocycles. The third kappa shape index (κ3) is 4.28. The summed E-state index contributed by atoms with van der Waals surface area (Å²) in [4.78, 5) is 17.3. The first-order valence-electron chi connectivity index (χ1n) is 9.73. The number of benzene rings is 2. The number of aryl methyl sites for hydroxylation is 1. The maximum Gasteiger partial charge on any atom is 0.237 e. The molecule has 4 rings (SSSR count). The summed E-state index contributed by atoms with van der Waals surface area (Å²) >= 11 is 1.40. The average Bonchev–Trinajstić information content (AvgIpc) is 3.49. The van der Waals surface area contributed by atoms with Crippen LogP contribution < -0.4 is 5.32 Å². The molecule has 1 amide bonds. The fourth-order valence-corrected chi connectivity index (χ4v) is 3.76. The first kappa shape index (κ1) is 18.7. The summed E-state index contributed by atoms with van der Waals surface area (Å²) in [7, 11) is 0. The van der Waals surface area contributed by atoms with E-state index in [1.54, 1.807) is 0 Å². The van der Waals surface area contributed by atoms with E-state index in [-0.39, 0.29) is 11.2 Å². The second-order valence-corrected chi connectivity index (χ2v) is 8.38. The molecule has 0 unspecified atom stereocenters. The predicted octanol–water partition coefficient (Wildman–Crippen LogP) is 4.83. The zero-order chi connectivity index (χ0) is 19.5. The number of nitrogens with zero attached hydrogens (tertiary/aromatic N) is 3. The maximum absolute atomic E-state index is 12.6. The number of nitrogens with one attached hydrogen (secondary N) is 1. The van der Waals surface area contributed by atoms with Gasteiger partial charge in [0.05, 0.1) is 10.9 Å². The Morgan fingerprint density at radius 2 is 1.89 bits per heavy atom. The Balaban J connectivity index is 1.46. The highest BCUT2D eigenvalue weighted by atomic mass is 32.2. The summed E-state index contributed by atoms with van der Waals surface area (Å²) in [5.41, 5.74) is 3.08. The summed E-state index contributed by atoms with van der Waals surface area (Å²) < 4.78 is 1.92. The highest BCUT2D eigenvalue weighted by molar-refractivity contribution is 8.00. The van der Waals surface area contributed by atoms with Gasteiger partial charge < -0.3 is 5.32 Å². The molecule has 0 bridgehead atoms. The first-order valence-corrected chi connectivity index (χ1v) is 10.6. The van der Waals surface area contributed by atoms with Crippen LogP contribution in [-0.2, 0) is 11.2 Å². The molecule has 28 heavy (non-hydrogen) atoms. The molecule has 6 heteroatoms. The topological polar surface area (TPSA) is 59.8 Å². The van der Waals surface area contributed by atoms with Gasteiger partial charge in [-0.2, -0.15) is 0 Å². The second-order valence-electron chi connectivity index (χ2n) is 7.07. The smallest absolute Gasteiger partial charge is 0.237 e. The van der Waals surface area contributed by atoms with E-state index in [1.807, 2.05) is 66.2 Å². The van der Waals surface area contributed by atoms with Gasteiger partial charge in [0.1, 0.15) is 5.82 Å². The lowest BCUT2D eigenvalue weighted by Gasteiger charge is -2.10. The minimum absolute atomic E-state index is 0.0433. The van der Waals surface area contributed by atoms with Gasteiger partial charge in [-0.3, -0.25) is 4.79 Å². The number of anilines is 1. The molecule has 1 N–H and O–H groups in total. The van der Waals surface area contributed by atoms with Gasteiger partial charge in [0.2, 0.25) is 11.1 Å². The second kappa shape index (κ2) is 8.19. The number of carbonyl (C=O) groups is 1. The Kier molecular flexibility index (Phi) is 5.48. The summed E-state index contributed by atoms with van der Waals surface area (Å²) in [6.07, 6.45) is 3.29. The van der Waals surface area contributed by atoms with Gasteiger partial charge >= 0.3 is 0 Å². The van der Waals surface area contributed by atoms with E-state index < -0.39 is 0 Å². The van der Waals surface area contributed by atoms with Crippen molar-refractivity contribution in [1.29, 1.82) is 0 Å². The van der Waals surface area contributed by atoms with Crippen LogP contribution in [0.4, 0.5) is 5.69 Å². The van der Waals surface area contributed by atoms with Crippen LogP contribution in [0.25, 0.3) is 5.69 Å². The minimum atomic E-state index is -0.287. The molecule has 1 heterocycles. The van der Waals surface area contributed by atoms with Crippen LogP contribution in [0.3, 0.4) is 0 Å². The Labute approximate surface area is 169 Å². The van der Waals surface area contributed by atoms with Crippen molar-refractivity contribution in [3.8, 4) is 5.69 Å². The molecular formula is C22H24N4OS. The fourth-order valence-electron chi connectivity index (χ4n) is 3.00. The number of amides is 1. The lowest BCUT2D eigenvalue weighted by Crippen LogP contribution is -2.22. The minimum Gasteiger partial charge on any atom is -0.325 e. The van der Waals surface area contributed by atoms with Gasteiger partial charge in [-0.25, -0.2) is 9.67 Å². The molecule has 1 atom stereocenters. The molecule has 1 aliphatic rings. The summed E-state index contributed by atoms with van der Waals surface area (Å²) in [6.45, 7) is 4.00. The molecule has 3 aromatic rings. The molecule has 5 nitrogen and oxygen atoms in total. The average molecular weight is 393 g/mol. The third-order valence-corrected chi connectivity index (χ3v) is 5.79. The van der Waals surface area contributed by atoms with E-state index in [0.717, 1.165) is 36.5 Å². The van der Waals surface area contributed by atoms with E-state index >= 15 is 0 Å². The van der Waals surface area contributed by atoms with Crippen LogP contribution in [0.2, 0.25) is 0 Å². The van der Waals surface area contributed by atoms with Gasteiger partial charge in [0.25, 0.3) is 0 Å². The largest absolute Gasteiger partial charge is 0.325 e. The van der Waals surface area contributed by atoms with Crippen LogP contribution in [0, 0.1) is 0 Å². The van der Waals surface area contributed by atoms with Crippen molar-refractivity contribution in [3.05, 3.63) is 66.0 Å². The normalized spacial score (nSPS) is 14.6. The van der Waals surface area contributed by atoms with Crippen LogP contribution in [0.5, 0.6) is 0 Å². The van der Waals surface area contributed by atoms with Gasteiger partial charge in [-0.05, 0) is 56.0 Å². The van der Waals surface area contributed by atoms with E-state index in [1.165, 1.54) is 17.3 Å². The van der Waals surface area contributed by atoms with Crippen LogP contribution in [0.15, 0.2) is 59.8 Å². The lowest BCUT2D eigenvalue weighted by molar-refractivity contribution is -0.115. The number of para-hydroxylation sites is 1. The number of thioether (sulfide) groups is 1. The summed E-state index contributed by atoms with van der Waals surface area (Å²) in [6, 6.07) is 18.0. The number of carbonyl (C=O) groups excluding carboxylic acids is 1. The van der Waals surface area contributed by atoms with E-state index in [0.29, 0.717) is 11.1 Å². The number of aromatic nitrogens is 3. The van der Waals surface area contributed by atoms with E-state index in [4.69, 9.17) is 4.98 Å². The van der Waals surface area contributed by atoms with Crippen LogP contribution in [0.1, 0.15) is 44.0 Å². The quantitative estimate of drug-likeness (QED) is 0.585. The molecule has 0 spiro atoms. The van der Waals surface area contributed by atoms with E-state index in [9.17, 15) is 4.79 Å². The highest BCUT2D eigenvalue weighted by Crippen LogP contribution is 2.40. The molecule has 1 aliphatic carbocycles.